The Kier molecular flexibility index (Phi) is 6.29. The molecule has 0 bridgehead atoms. The highest BCUT2D eigenvalue weighted by molar-refractivity contribution is 8.00. The van der Waals surface area contributed by atoms with Crippen LogP contribution in [-0.2, 0) is 4.79 Å². The van der Waals surface area contributed by atoms with Crippen LogP contribution in [0.25, 0.3) is 10.8 Å². The lowest BCUT2D eigenvalue weighted by atomic mass is 10.1. The molecule has 0 spiro atoms. The fourth-order valence-corrected chi connectivity index (χ4v) is 3.89. The Morgan fingerprint density at radius 1 is 0.806 bits per heavy atom. The zero-order valence-electron chi connectivity index (χ0n) is 16.5. The topological polar surface area (TPSA) is 58.2 Å². The molecule has 0 heterocycles. The first-order valence-electron chi connectivity index (χ1n) is 9.66. The van der Waals surface area contributed by atoms with Crippen LogP contribution >= 0.6 is 11.8 Å². The summed E-state index contributed by atoms with van der Waals surface area (Å²) >= 11 is 1.38. The molecule has 6 heteroatoms. The number of halogens is 1. The summed E-state index contributed by atoms with van der Waals surface area (Å²) in [5, 5.41) is 7.82. The summed E-state index contributed by atoms with van der Waals surface area (Å²) in [6.45, 7) is 0. The summed E-state index contributed by atoms with van der Waals surface area (Å²) in [5.41, 5.74) is 1.76. The number of amides is 2. The van der Waals surface area contributed by atoms with E-state index in [1.54, 1.807) is 12.1 Å². The number of nitrogens with one attached hydrogen (secondary N) is 2. The quantitative estimate of drug-likeness (QED) is 0.371. The molecule has 4 rings (SSSR count). The summed E-state index contributed by atoms with van der Waals surface area (Å²) in [6, 6.07) is 26.3. The summed E-state index contributed by atoms with van der Waals surface area (Å²) in [5.74, 6) is -0.590. The number of thioether (sulfide) groups is 1. The zero-order valence-corrected chi connectivity index (χ0v) is 17.3. The van der Waals surface area contributed by atoms with Crippen LogP contribution in [0.15, 0.2) is 95.9 Å². The Morgan fingerprint density at radius 3 is 2.39 bits per heavy atom. The molecule has 2 N–H and O–H groups in total. The zero-order chi connectivity index (χ0) is 21.6. The van der Waals surface area contributed by atoms with Crippen LogP contribution < -0.4 is 10.6 Å². The van der Waals surface area contributed by atoms with Crippen molar-refractivity contribution < 1.29 is 14.0 Å². The molecule has 4 aromatic carbocycles. The third-order valence-electron chi connectivity index (χ3n) is 4.63. The molecule has 154 valence electrons. The molecule has 31 heavy (non-hydrogen) atoms. The summed E-state index contributed by atoms with van der Waals surface area (Å²) < 4.78 is 13.0. The van der Waals surface area contributed by atoms with Gasteiger partial charge in [0.05, 0.1) is 5.75 Å². The van der Waals surface area contributed by atoms with Crippen LogP contribution in [0.5, 0.6) is 0 Å². The second-order valence-electron chi connectivity index (χ2n) is 6.85. The van der Waals surface area contributed by atoms with Gasteiger partial charge in [-0.2, -0.15) is 0 Å². The normalized spacial score (nSPS) is 10.6. The van der Waals surface area contributed by atoms with Crippen LogP contribution in [0, 0.1) is 5.82 Å². The number of fused-ring (bicyclic) bond motifs is 1. The molecule has 2 amide bonds. The molecule has 0 aliphatic rings. The number of carbonyl (C=O) groups is 2. The molecule has 4 nitrogen and oxygen atoms in total. The minimum atomic E-state index is -0.392. The third-order valence-corrected chi connectivity index (χ3v) is 5.63. The van der Waals surface area contributed by atoms with Crippen LogP contribution in [-0.4, -0.2) is 17.6 Å². The second-order valence-corrected chi connectivity index (χ2v) is 7.90. The fourth-order valence-electron chi connectivity index (χ4n) is 3.14. The van der Waals surface area contributed by atoms with Crippen LogP contribution in [0.1, 0.15) is 10.4 Å². The van der Waals surface area contributed by atoms with Gasteiger partial charge in [0.25, 0.3) is 5.91 Å². The third kappa shape index (κ3) is 5.29. The van der Waals surface area contributed by atoms with E-state index in [4.69, 9.17) is 0 Å². The van der Waals surface area contributed by atoms with E-state index in [2.05, 4.69) is 10.6 Å². The van der Waals surface area contributed by atoms with Crippen molar-refractivity contribution in [3.05, 3.63) is 102 Å². The first kappa shape index (κ1) is 20.6. The van der Waals surface area contributed by atoms with Gasteiger partial charge in [-0.1, -0.05) is 42.5 Å². The largest absolute Gasteiger partial charge is 0.325 e. The van der Waals surface area contributed by atoms with Gasteiger partial charge < -0.3 is 10.6 Å². The molecule has 0 aliphatic carbocycles. The van der Waals surface area contributed by atoms with Gasteiger partial charge in [0.15, 0.2) is 0 Å². The highest BCUT2D eigenvalue weighted by Gasteiger charge is 2.09. The minimum Gasteiger partial charge on any atom is -0.325 e. The first-order valence-corrected chi connectivity index (χ1v) is 10.6. The minimum absolute atomic E-state index is 0.109. The van der Waals surface area contributed by atoms with E-state index < -0.39 is 5.82 Å². The van der Waals surface area contributed by atoms with Gasteiger partial charge >= 0.3 is 0 Å². The lowest BCUT2D eigenvalue weighted by Crippen LogP contribution is -2.14. The molecule has 0 fully saturated rings. The Balaban J connectivity index is 1.37. The maximum Gasteiger partial charge on any atom is 0.255 e. The number of hydrogen-bond donors (Lipinski definition) is 2. The van der Waals surface area contributed by atoms with Crippen molar-refractivity contribution in [2.24, 2.45) is 0 Å². The van der Waals surface area contributed by atoms with Crippen molar-refractivity contribution in [3.8, 4) is 0 Å². The van der Waals surface area contributed by atoms with Crippen molar-refractivity contribution in [1.29, 1.82) is 0 Å². The number of anilines is 2. The van der Waals surface area contributed by atoms with E-state index in [0.29, 0.717) is 11.3 Å². The Hall–Kier alpha value is -3.64. The number of benzene rings is 4. The number of rotatable bonds is 6. The van der Waals surface area contributed by atoms with Gasteiger partial charge in [-0.05, 0) is 53.9 Å². The van der Waals surface area contributed by atoms with E-state index in [0.717, 1.165) is 21.4 Å². The van der Waals surface area contributed by atoms with Crippen molar-refractivity contribution in [2.45, 2.75) is 4.90 Å². The van der Waals surface area contributed by atoms with E-state index in [1.807, 2.05) is 54.6 Å². The first-order chi connectivity index (χ1) is 15.1. The van der Waals surface area contributed by atoms with Crippen LogP contribution in [0.3, 0.4) is 0 Å². The fraction of sp³-hybridized carbons (Fsp3) is 0.0400. The summed E-state index contributed by atoms with van der Waals surface area (Å²) in [6.07, 6.45) is 0. The lowest BCUT2D eigenvalue weighted by molar-refractivity contribution is -0.113. The summed E-state index contributed by atoms with van der Waals surface area (Å²) in [4.78, 5) is 25.6. The molecule has 0 radical (unpaired) electrons. The van der Waals surface area contributed by atoms with E-state index in [9.17, 15) is 14.0 Å². The molecule has 0 atom stereocenters. The molecule has 0 unspecified atom stereocenters. The molecule has 0 aliphatic heterocycles. The van der Waals surface area contributed by atoms with Gasteiger partial charge in [-0.15, -0.1) is 11.8 Å². The highest BCUT2D eigenvalue weighted by atomic mass is 32.2. The molecule has 0 saturated heterocycles. The van der Waals surface area contributed by atoms with Gasteiger partial charge in [0.1, 0.15) is 5.82 Å². The van der Waals surface area contributed by atoms with Crippen LogP contribution in [0.4, 0.5) is 15.8 Å². The predicted octanol–water partition coefficient (Wildman–Crippen LogP) is 5.96. The van der Waals surface area contributed by atoms with Gasteiger partial charge in [0.2, 0.25) is 5.91 Å². The monoisotopic (exact) mass is 430 g/mol. The standard InChI is InChI=1S/C25H19FN2O2S/c26-19-13-11-18(12-14-19)25(30)27-20-7-4-8-21(15-20)31-16-24(29)28-23-10-3-6-17-5-1-2-9-22(17)23/h1-15H,16H2,(H,27,30)(H,28,29). The number of hydrogen-bond acceptors (Lipinski definition) is 3. The molecular weight excluding hydrogens is 411 g/mol. The summed E-state index contributed by atoms with van der Waals surface area (Å²) in [7, 11) is 0. The molecular formula is C25H19FN2O2S. The maximum absolute atomic E-state index is 13.0. The average molecular weight is 431 g/mol. The van der Waals surface area contributed by atoms with E-state index >= 15 is 0 Å². The second kappa shape index (κ2) is 9.45. The van der Waals surface area contributed by atoms with Crippen molar-refractivity contribution in [1.82, 2.24) is 0 Å². The van der Waals surface area contributed by atoms with Gasteiger partial charge in [-0.3, -0.25) is 9.59 Å². The SMILES string of the molecule is O=C(CSc1cccc(NC(=O)c2ccc(F)cc2)c1)Nc1cccc2ccccc12. The Bertz CT molecular complexity index is 1240. The van der Waals surface area contributed by atoms with Crippen molar-refractivity contribution in [2.75, 3.05) is 16.4 Å². The Morgan fingerprint density at radius 2 is 1.55 bits per heavy atom. The average Bonchev–Trinajstić information content (AvgIpc) is 2.79. The van der Waals surface area contributed by atoms with Crippen molar-refractivity contribution in [3.63, 3.8) is 0 Å². The molecule has 0 aromatic heterocycles. The maximum atomic E-state index is 13.0. The Labute approximate surface area is 183 Å². The van der Waals surface area contributed by atoms with E-state index in [-0.39, 0.29) is 17.6 Å². The van der Waals surface area contributed by atoms with Crippen molar-refractivity contribution >= 4 is 45.7 Å². The van der Waals surface area contributed by atoms with Gasteiger partial charge in [-0.25, -0.2) is 4.39 Å². The predicted molar refractivity (Wildman–Crippen MR) is 124 cm³/mol. The number of carbonyl (C=O) groups excluding carboxylic acids is 2. The highest BCUT2D eigenvalue weighted by Crippen LogP contribution is 2.25. The molecule has 4 aromatic rings. The van der Waals surface area contributed by atoms with Gasteiger partial charge in [0, 0.05) is 27.2 Å². The van der Waals surface area contributed by atoms with Crippen LogP contribution in [0.2, 0.25) is 0 Å². The van der Waals surface area contributed by atoms with E-state index in [1.165, 1.54) is 36.0 Å². The lowest BCUT2D eigenvalue weighted by Gasteiger charge is -2.10. The smallest absolute Gasteiger partial charge is 0.255 e. The molecule has 0 saturated carbocycles.